The second kappa shape index (κ2) is 7.62. The molecule has 0 amide bonds. The zero-order chi connectivity index (χ0) is 16.1. The second-order valence-corrected chi connectivity index (χ2v) is 6.28. The van der Waals surface area contributed by atoms with Crippen molar-refractivity contribution >= 4 is 0 Å². The van der Waals surface area contributed by atoms with Crippen molar-refractivity contribution in [3.8, 4) is 5.75 Å². The van der Waals surface area contributed by atoms with E-state index in [1.165, 1.54) is 29.5 Å². The van der Waals surface area contributed by atoms with E-state index in [0.29, 0.717) is 6.54 Å². The first kappa shape index (κ1) is 16.0. The molecule has 1 unspecified atom stereocenters. The number of methoxy groups -OCH3 is 1. The molecule has 3 rings (SSSR count). The standard InChI is InChI=1S/C20H26N2O/c1-23-19-10-2-15(3-11-19)12-13-22-20(14-21)18-8-6-17(7-9-18)16-4-5-16/h2-3,6-11,16,20,22H,4-5,12-14,21H2,1H3. The summed E-state index contributed by atoms with van der Waals surface area (Å²) in [5, 5.41) is 3.57. The first-order valence-electron chi connectivity index (χ1n) is 8.46. The summed E-state index contributed by atoms with van der Waals surface area (Å²) in [6, 6.07) is 17.4. The van der Waals surface area contributed by atoms with Gasteiger partial charge in [0.2, 0.25) is 0 Å². The molecule has 3 nitrogen and oxygen atoms in total. The lowest BCUT2D eigenvalue weighted by molar-refractivity contribution is 0.414. The Labute approximate surface area is 138 Å². The lowest BCUT2D eigenvalue weighted by Crippen LogP contribution is -2.29. The zero-order valence-electron chi connectivity index (χ0n) is 13.8. The summed E-state index contributed by atoms with van der Waals surface area (Å²) >= 11 is 0. The van der Waals surface area contributed by atoms with Crippen molar-refractivity contribution in [2.75, 3.05) is 20.2 Å². The molecule has 1 aliphatic carbocycles. The Morgan fingerprint density at radius 3 is 2.35 bits per heavy atom. The van der Waals surface area contributed by atoms with Gasteiger partial charge in [-0.25, -0.2) is 0 Å². The summed E-state index contributed by atoms with van der Waals surface area (Å²) in [6.07, 6.45) is 3.68. The molecule has 23 heavy (non-hydrogen) atoms. The number of hydrogen-bond donors (Lipinski definition) is 2. The second-order valence-electron chi connectivity index (χ2n) is 6.28. The Kier molecular flexibility index (Phi) is 5.31. The van der Waals surface area contributed by atoms with Crippen LogP contribution in [0.2, 0.25) is 0 Å². The first-order valence-corrected chi connectivity index (χ1v) is 8.46. The average molecular weight is 310 g/mol. The minimum atomic E-state index is 0.224. The van der Waals surface area contributed by atoms with Crippen LogP contribution in [0.4, 0.5) is 0 Å². The lowest BCUT2D eigenvalue weighted by atomic mass is 10.0. The molecule has 0 saturated heterocycles. The van der Waals surface area contributed by atoms with Crippen molar-refractivity contribution in [2.24, 2.45) is 5.73 Å². The number of nitrogens with one attached hydrogen (secondary N) is 1. The fourth-order valence-corrected chi connectivity index (χ4v) is 2.94. The Morgan fingerprint density at radius 2 is 1.78 bits per heavy atom. The van der Waals surface area contributed by atoms with E-state index in [-0.39, 0.29) is 6.04 Å². The van der Waals surface area contributed by atoms with E-state index in [4.69, 9.17) is 10.5 Å². The van der Waals surface area contributed by atoms with E-state index < -0.39 is 0 Å². The Morgan fingerprint density at radius 1 is 1.09 bits per heavy atom. The molecule has 0 aliphatic heterocycles. The lowest BCUT2D eigenvalue weighted by Gasteiger charge is -2.18. The molecule has 0 spiro atoms. The van der Waals surface area contributed by atoms with Gasteiger partial charge in [-0.1, -0.05) is 36.4 Å². The third kappa shape index (κ3) is 4.34. The normalized spacial score (nSPS) is 15.4. The number of hydrogen-bond acceptors (Lipinski definition) is 3. The average Bonchev–Trinajstić information content (AvgIpc) is 3.45. The molecular formula is C20H26N2O. The van der Waals surface area contributed by atoms with Crippen LogP contribution in [0.25, 0.3) is 0 Å². The summed E-state index contributed by atoms with van der Waals surface area (Å²) in [7, 11) is 1.69. The number of rotatable bonds is 8. The highest BCUT2D eigenvalue weighted by molar-refractivity contribution is 5.30. The van der Waals surface area contributed by atoms with Crippen LogP contribution in [0.15, 0.2) is 48.5 Å². The van der Waals surface area contributed by atoms with Crippen LogP contribution < -0.4 is 15.8 Å². The molecule has 2 aromatic rings. The van der Waals surface area contributed by atoms with Crippen LogP contribution in [0, 0.1) is 0 Å². The number of ether oxygens (including phenoxy) is 1. The van der Waals surface area contributed by atoms with Crippen molar-refractivity contribution in [3.05, 3.63) is 65.2 Å². The topological polar surface area (TPSA) is 47.3 Å². The largest absolute Gasteiger partial charge is 0.497 e. The van der Waals surface area contributed by atoms with Crippen molar-refractivity contribution in [1.29, 1.82) is 0 Å². The first-order chi connectivity index (χ1) is 11.3. The minimum Gasteiger partial charge on any atom is -0.497 e. The summed E-state index contributed by atoms with van der Waals surface area (Å²) in [5.41, 5.74) is 10.0. The molecule has 0 bridgehead atoms. The molecule has 0 heterocycles. The van der Waals surface area contributed by atoms with E-state index >= 15 is 0 Å². The van der Waals surface area contributed by atoms with Gasteiger partial charge in [-0.3, -0.25) is 0 Å². The van der Waals surface area contributed by atoms with E-state index in [9.17, 15) is 0 Å². The van der Waals surface area contributed by atoms with Crippen LogP contribution in [0.3, 0.4) is 0 Å². The zero-order valence-corrected chi connectivity index (χ0v) is 13.8. The predicted molar refractivity (Wildman–Crippen MR) is 94.9 cm³/mol. The number of nitrogens with two attached hydrogens (primary N) is 1. The van der Waals surface area contributed by atoms with Crippen LogP contribution in [0.5, 0.6) is 5.75 Å². The van der Waals surface area contributed by atoms with Gasteiger partial charge in [0.05, 0.1) is 7.11 Å². The summed E-state index contributed by atoms with van der Waals surface area (Å²) < 4.78 is 5.19. The van der Waals surface area contributed by atoms with E-state index in [1.54, 1.807) is 7.11 Å². The highest BCUT2D eigenvalue weighted by Crippen LogP contribution is 2.40. The molecular weight excluding hydrogens is 284 g/mol. The highest BCUT2D eigenvalue weighted by atomic mass is 16.5. The SMILES string of the molecule is COc1ccc(CCNC(CN)c2ccc(C3CC3)cc2)cc1. The highest BCUT2D eigenvalue weighted by Gasteiger charge is 2.23. The Bertz CT molecular complexity index is 603. The fourth-order valence-electron chi connectivity index (χ4n) is 2.94. The van der Waals surface area contributed by atoms with E-state index in [0.717, 1.165) is 24.6 Å². The van der Waals surface area contributed by atoms with E-state index in [2.05, 4.69) is 41.7 Å². The molecule has 0 radical (unpaired) electrons. The quantitative estimate of drug-likeness (QED) is 0.785. The van der Waals surface area contributed by atoms with Crippen LogP contribution in [-0.2, 0) is 6.42 Å². The molecule has 1 aliphatic rings. The van der Waals surface area contributed by atoms with Gasteiger partial charge in [0.15, 0.2) is 0 Å². The molecule has 1 atom stereocenters. The van der Waals surface area contributed by atoms with Gasteiger partial charge >= 0.3 is 0 Å². The van der Waals surface area contributed by atoms with Gasteiger partial charge in [-0.05, 0) is 60.5 Å². The Balaban J connectivity index is 1.52. The van der Waals surface area contributed by atoms with Crippen LogP contribution >= 0.6 is 0 Å². The molecule has 3 N–H and O–H groups in total. The van der Waals surface area contributed by atoms with E-state index in [1.807, 2.05) is 12.1 Å². The molecule has 0 aromatic heterocycles. The van der Waals surface area contributed by atoms with Crippen LogP contribution in [0.1, 0.15) is 41.5 Å². The monoisotopic (exact) mass is 310 g/mol. The van der Waals surface area contributed by atoms with Crippen molar-refractivity contribution < 1.29 is 4.74 Å². The van der Waals surface area contributed by atoms with Gasteiger partial charge in [-0.2, -0.15) is 0 Å². The summed E-state index contributed by atoms with van der Waals surface area (Å²) in [5.74, 6) is 1.71. The fraction of sp³-hybridized carbons (Fsp3) is 0.400. The van der Waals surface area contributed by atoms with Crippen molar-refractivity contribution in [2.45, 2.75) is 31.2 Å². The molecule has 1 saturated carbocycles. The van der Waals surface area contributed by atoms with Crippen molar-refractivity contribution in [1.82, 2.24) is 5.32 Å². The summed E-state index contributed by atoms with van der Waals surface area (Å²) in [6.45, 7) is 1.53. The maximum atomic E-state index is 5.95. The molecule has 2 aromatic carbocycles. The third-order valence-corrected chi connectivity index (χ3v) is 4.59. The van der Waals surface area contributed by atoms with Gasteiger partial charge < -0.3 is 15.8 Å². The summed E-state index contributed by atoms with van der Waals surface area (Å²) in [4.78, 5) is 0. The molecule has 1 fully saturated rings. The van der Waals surface area contributed by atoms with Gasteiger partial charge in [0, 0.05) is 12.6 Å². The van der Waals surface area contributed by atoms with Gasteiger partial charge in [0.1, 0.15) is 5.75 Å². The minimum absolute atomic E-state index is 0.224. The maximum Gasteiger partial charge on any atom is 0.118 e. The maximum absolute atomic E-state index is 5.95. The molecule has 122 valence electrons. The molecule has 3 heteroatoms. The Hall–Kier alpha value is -1.84. The smallest absolute Gasteiger partial charge is 0.118 e. The predicted octanol–water partition coefficient (Wildman–Crippen LogP) is 3.40. The number of benzene rings is 2. The van der Waals surface area contributed by atoms with Crippen molar-refractivity contribution in [3.63, 3.8) is 0 Å². The third-order valence-electron chi connectivity index (χ3n) is 4.59. The van der Waals surface area contributed by atoms with Gasteiger partial charge in [-0.15, -0.1) is 0 Å². The van der Waals surface area contributed by atoms with Gasteiger partial charge in [0.25, 0.3) is 0 Å². The van der Waals surface area contributed by atoms with Crippen LogP contribution in [-0.4, -0.2) is 20.2 Å².